The van der Waals surface area contributed by atoms with E-state index in [2.05, 4.69) is 18.3 Å². The van der Waals surface area contributed by atoms with Gasteiger partial charge in [-0.2, -0.15) is 0 Å². The maximum atomic E-state index is 5.39. The molecule has 1 aromatic rings. The fraction of sp³-hybridized carbons (Fsp3) is 0. The van der Waals surface area contributed by atoms with Gasteiger partial charge >= 0.3 is 0 Å². The molecule has 1 rings (SSSR count). The highest BCUT2D eigenvalue weighted by molar-refractivity contribution is 5.45. The van der Waals surface area contributed by atoms with E-state index in [1.165, 1.54) is 6.26 Å². The van der Waals surface area contributed by atoms with Crippen molar-refractivity contribution in [1.82, 2.24) is 0 Å². The largest absolute Gasteiger partial charge is 0.460 e. The van der Waals surface area contributed by atoms with E-state index in [0.29, 0.717) is 5.42 Å². The van der Waals surface area contributed by atoms with Gasteiger partial charge in [-0.15, -0.1) is 0 Å². The van der Waals surface area contributed by atoms with Gasteiger partial charge in [-0.05, 0) is 12.8 Å². The number of nitrogens with zero attached hydrogens (tertiary/aromatic N) is 1. The van der Waals surface area contributed by atoms with E-state index in [-0.39, 0.29) is 5.82 Å². The molecule has 0 amide bonds. The highest BCUT2D eigenvalue weighted by atomic mass is 16.3. The van der Waals surface area contributed by atoms with Crippen molar-refractivity contribution < 1.29 is 4.42 Å². The van der Waals surface area contributed by atoms with Gasteiger partial charge in [0.15, 0.2) is 11.2 Å². The van der Waals surface area contributed by atoms with E-state index in [0.717, 1.165) is 5.22 Å². The number of furan rings is 1. The molecule has 3 nitrogen and oxygen atoms in total. The summed E-state index contributed by atoms with van der Waals surface area (Å²) >= 11 is 0. The minimum absolute atomic E-state index is 0.273. The van der Waals surface area contributed by atoms with Gasteiger partial charge in [-0.1, -0.05) is 6.58 Å². The Kier molecular flexibility index (Phi) is 1.58. The Hall–Kier alpha value is -1.51. The summed E-state index contributed by atoms with van der Waals surface area (Å²) in [5.41, 5.74) is 5.89. The number of nitrogens with two attached hydrogens (primary N) is 1. The molecular weight excluding hydrogens is 128 g/mol. The molecule has 1 aromatic heterocycles. The molecule has 10 heavy (non-hydrogen) atoms. The minimum Gasteiger partial charge on any atom is -0.460 e. The van der Waals surface area contributed by atoms with Crippen LogP contribution in [0.5, 0.6) is 0 Å². The van der Waals surface area contributed by atoms with E-state index in [9.17, 15) is 0 Å². The monoisotopic (exact) mass is 136 g/mol. The van der Waals surface area contributed by atoms with Crippen LogP contribution in [0.15, 0.2) is 21.7 Å². The summed E-state index contributed by atoms with van der Waals surface area (Å²) in [5.74, 6) is 0.273. The molecule has 0 fully saturated rings. The third-order valence-electron chi connectivity index (χ3n) is 1.15. The highest BCUT2D eigenvalue weighted by Gasteiger charge is 1.90. The molecule has 0 spiro atoms. The average Bonchev–Trinajstić information content (AvgIpc) is 2.34. The Morgan fingerprint density at radius 2 is 2.40 bits per heavy atom. The van der Waals surface area contributed by atoms with Crippen molar-refractivity contribution in [1.29, 1.82) is 0 Å². The smallest absolute Gasteiger partial charge is 0.175 e. The molecule has 0 bridgehead atoms. The average molecular weight is 136 g/mol. The van der Waals surface area contributed by atoms with Gasteiger partial charge in [0.2, 0.25) is 0 Å². The fourth-order valence-electron chi connectivity index (χ4n) is 0.632. The lowest BCUT2D eigenvalue weighted by atomic mass is 10.4. The molecule has 52 valence electrons. The quantitative estimate of drug-likeness (QED) is 0.525. The Labute approximate surface area is 58.2 Å². The van der Waals surface area contributed by atoms with Crippen molar-refractivity contribution in [2.45, 2.75) is 0 Å². The zero-order chi connectivity index (χ0) is 7.56. The zero-order valence-corrected chi connectivity index (χ0v) is 5.50. The van der Waals surface area contributed by atoms with Crippen molar-refractivity contribution in [3.63, 3.8) is 0 Å². The van der Waals surface area contributed by atoms with Crippen LogP contribution in [-0.4, -0.2) is 6.72 Å². The summed E-state index contributed by atoms with van der Waals surface area (Å²) in [6.45, 7) is 6.93. The first-order valence-corrected chi connectivity index (χ1v) is 2.74. The predicted octanol–water partition coefficient (Wildman–Crippen LogP) is -0.585. The molecule has 1 heterocycles. The van der Waals surface area contributed by atoms with Crippen molar-refractivity contribution in [2.24, 2.45) is 10.7 Å². The molecule has 0 aliphatic carbocycles. The molecule has 0 aliphatic heterocycles. The van der Waals surface area contributed by atoms with Crippen LogP contribution in [-0.2, 0) is 0 Å². The van der Waals surface area contributed by atoms with E-state index >= 15 is 0 Å². The van der Waals surface area contributed by atoms with Gasteiger partial charge in [-0.3, -0.25) is 0 Å². The summed E-state index contributed by atoms with van der Waals surface area (Å²) in [6, 6.07) is 1.72. The van der Waals surface area contributed by atoms with Crippen LogP contribution in [0.25, 0.3) is 12.4 Å². The Morgan fingerprint density at radius 3 is 2.80 bits per heavy atom. The number of aliphatic imine (C=N–C) groups is 1. The van der Waals surface area contributed by atoms with Crippen LogP contribution in [0.1, 0.15) is 0 Å². The Bertz CT molecular complexity index is 337. The lowest BCUT2D eigenvalue weighted by Crippen LogP contribution is -2.23. The van der Waals surface area contributed by atoms with E-state index < -0.39 is 0 Å². The van der Waals surface area contributed by atoms with Gasteiger partial charge in [0.1, 0.15) is 0 Å². The van der Waals surface area contributed by atoms with E-state index in [1.807, 2.05) is 0 Å². The molecule has 0 atom stereocenters. The first-order chi connectivity index (χ1) is 4.75. The maximum absolute atomic E-state index is 5.39. The molecule has 2 N–H and O–H groups in total. The highest BCUT2D eigenvalue weighted by Crippen LogP contribution is 1.77. The molecule has 3 heteroatoms. The second-order valence-electron chi connectivity index (χ2n) is 1.82. The molecule has 0 aliphatic rings. The SMILES string of the molecule is C=N/C(N)=c1/occc1=C. The normalized spacial score (nSPS) is 12.8. The topological polar surface area (TPSA) is 51.5 Å². The van der Waals surface area contributed by atoms with Gasteiger partial charge in [-0.25, -0.2) is 4.99 Å². The molecular formula is C7H8N2O. The zero-order valence-electron chi connectivity index (χ0n) is 5.50. The van der Waals surface area contributed by atoms with Crippen LogP contribution in [0, 0.1) is 0 Å². The van der Waals surface area contributed by atoms with E-state index in [4.69, 9.17) is 10.2 Å². The van der Waals surface area contributed by atoms with Crippen molar-refractivity contribution >= 4 is 19.1 Å². The summed E-state index contributed by atoms with van der Waals surface area (Å²) in [5, 5.41) is 0.727. The minimum atomic E-state index is 0.273. The van der Waals surface area contributed by atoms with Gasteiger partial charge < -0.3 is 10.2 Å². The molecule has 0 saturated carbocycles. The van der Waals surface area contributed by atoms with Crippen molar-refractivity contribution in [3.05, 3.63) is 23.0 Å². The molecule has 0 aromatic carbocycles. The van der Waals surface area contributed by atoms with Crippen LogP contribution >= 0.6 is 0 Å². The molecule has 0 saturated heterocycles. The predicted molar refractivity (Wildman–Crippen MR) is 40.6 cm³/mol. The summed E-state index contributed by atoms with van der Waals surface area (Å²) in [6.07, 6.45) is 1.51. The third kappa shape index (κ3) is 0.932. The second-order valence-corrected chi connectivity index (χ2v) is 1.82. The first-order valence-electron chi connectivity index (χ1n) is 2.74. The van der Waals surface area contributed by atoms with Crippen LogP contribution in [0.4, 0.5) is 0 Å². The first kappa shape index (κ1) is 6.61. The van der Waals surface area contributed by atoms with Crippen LogP contribution in [0.2, 0.25) is 0 Å². The molecule has 0 unspecified atom stereocenters. The standard InChI is InChI=1S/C7H8N2O/c1-5-3-4-10-6(5)7(8)9-2/h3-4H,1-2,8H2/b7-6+. The summed E-state index contributed by atoms with van der Waals surface area (Å²) < 4.78 is 4.96. The van der Waals surface area contributed by atoms with Gasteiger partial charge in [0.05, 0.1) is 6.26 Å². The second kappa shape index (κ2) is 2.39. The van der Waals surface area contributed by atoms with Crippen molar-refractivity contribution in [2.75, 3.05) is 0 Å². The van der Waals surface area contributed by atoms with E-state index in [1.54, 1.807) is 6.07 Å². The lowest BCUT2D eigenvalue weighted by Gasteiger charge is -1.83. The Balaban J connectivity index is 3.55. The lowest BCUT2D eigenvalue weighted by molar-refractivity contribution is 0.526. The third-order valence-corrected chi connectivity index (χ3v) is 1.15. The number of rotatable bonds is 1. The fourth-order valence-corrected chi connectivity index (χ4v) is 0.632. The van der Waals surface area contributed by atoms with Crippen LogP contribution < -0.4 is 16.4 Å². The van der Waals surface area contributed by atoms with Crippen LogP contribution in [0.3, 0.4) is 0 Å². The summed E-state index contributed by atoms with van der Waals surface area (Å²) in [7, 11) is 0. The summed E-state index contributed by atoms with van der Waals surface area (Å²) in [4.78, 5) is 3.50. The molecule has 0 radical (unpaired) electrons. The maximum Gasteiger partial charge on any atom is 0.175 e. The van der Waals surface area contributed by atoms with Gasteiger partial charge in [0, 0.05) is 5.22 Å². The number of hydrogen-bond acceptors (Lipinski definition) is 3. The van der Waals surface area contributed by atoms with Gasteiger partial charge in [0.25, 0.3) is 0 Å². The number of hydrogen-bond donors (Lipinski definition) is 1. The Morgan fingerprint density at radius 1 is 1.70 bits per heavy atom. The van der Waals surface area contributed by atoms with Crippen molar-refractivity contribution in [3.8, 4) is 0 Å².